The highest BCUT2D eigenvalue weighted by atomic mass is 32.2. The Kier molecular flexibility index (Phi) is 11.1. The number of carbonyl (C=O) groups is 2. The van der Waals surface area contributed by atoms with Crippen LogP contribution in [0.2, 0.25) is 0 Å². The number of nitrogens with zero attached hydrogens (tertiary/aromatic N) is 5. The molecule has 4 heterocycles. The zero-order valence-electron chi connectivity index (χ0n) is 34.4. The molecule has 9 rings (SSSR count). The molecule has 12 heteroatoms. The number of anilines is 2. The van der Waals surface area contributed by atoms with Crippen LogP contribution in [0.4, 0.5) is 11.4 Å². The Balaban J connectivity index is 1.16. The molecule has 5 aromatic carbocycles. The van der Waals surface area contributed by atoms with Crippen molar-refractivity contribution < 1.29 is 27.9 Å². The van der Waals surface area contributed by atoms with Crippen molar-refractivity contribution in [1.82, 2.24) is 18.7 Å². The van der Waals surface area contributed by atoms with Crippen LogP contribution >= 0.6 is 0 Å². The lowest BCUT2D eigenvalue weighted by atomic mass is 9.89. The predicted octanol–water partition coefficient (Wildman–Crippen LogP) is 7.33. The Morgan fingerprint density at radius 1 is 0.738 bits per heavy atom. The van der Waals surface area contributed by atoms with Gasteiger partial charge < -0.3 is 19.3 Å². The quantitative estimate of drug-likeness (QED) is 0.162. The third-order valence-corrected chi connectivity index (χ3v) is 14.3. The number of ether oxygens (including phenoxy) is 1. The van der Waals surface area contributed by atoms with Gasteiger partial charge in [0.1, 0.15) is 5.75 Å². The summed E-state index contributed by atoms with van der Waals surface area (Å²) in [5, 5.41) is 10.1. The number of amides is 2. The fraction of sp³-hybridized carbons (Fsp3) is 0.265. The zero-order valence-corrected chi connectivity index (χ0v) is 35.2. The van der Waals surface area contributed by atoms with Gasteiger partial charge in [-0.15, -0.1) is 0 Å². The minimum atomic E-state index is -3.79. The van der Waals surface area contributed by atoms with Crippen LogP contribution in [0, 0.1) is 6.92 Å². The van der Waals surface area contributed by atoms with Gasteiger partial charge in [0, 0.05) is 86.2 Å². The Bertz CT molecular complexity index is 2700. The number of benzene rings is 5. The molecule has 312 valence electrons. The van der Waals surface area contributed by atoms with Crippen LogP contribution in [0.25, 0.3) is 11.3 Å². The number of carbonyl (C=O) groups excluding carboxylic acids is 2. The second-order valence-corrected chi connectivity index (χ2v) is 18.1. The molecule has 0 unspecified atom stereocenters. The molecule has 6 aromatic rings. The highest BCUT2D eigenvalue weighted by Gasteiger charge is 2.36. The molecule has 11 nitrogen and oxygen atoms in total. The van der Waals surface area contributed by atoms with Crippen LogP contribution in [0.5, 0.6) is 5.75 Å². The molecular formula is C49H49N5O6S. The fourth-order valence-electron chi connectivity index (χ4n) is 9.00. The summed E-state index contributed by atoms with van der Waals surface area (Å²) in [5.41, 5.74) is 8.36. The van der Waals surface area contributed by atoms with E-state index in [1.54, 1.807) is 59.5 Å². The number of morpholine rings is 1. The molecule has 2 amide bonds. The number of rotatable bonds is 9. The van der Waals surface area contributed by atoms with Gasteiger partial charge in [0.2, 0.25) is 10.0 Å². The first-order valence-corrected chi connectivity index (χ1v) is 22.2. The third-order valence-electron chi connectivity index (χ3n) is 12.5. The monoisotopic (exact) mass is 835 g/mol. The van der Waals surface area contributed by atoms with E-state index in [-0.39, 0.29) is 41.6 Å². The van der Waals surface area contributed by atoms with Crippen molar-refractivity contribution in [2.45, 2.75) is 43.8 Å². The molecule has 3 aliphatic heterocycles. The van der Waals surface area contributed by atoms with Gasteiger partial charge in [0.25, 0.3) is 11.8 Å². The van der Waals surface area contributed by atoms with Crippen molar-refractivity contribution in [1.29, 1.82) is 0 Å². The number of hydrogen-bond acceptors (Lipinski definition) is 7. The zero-order chi connectivity index (χ0) is 42.3. The fourth-order valence-corrected chi connectivity index (χ4v) is 10.4. The molecule has 3 aliphatic rings. The van der Waals surface area contributed by atoms with Crippen molar-refractivity contribution in [3.8, 4) is 17.0 Å². The topological polar surface area (TPSA) is 116 Å². The molecule has 0 aliphatic carbocycles. The number of phenols is 1. The summed E-state index contributed by atoms with van der Waals surface area (Å²) in [7, 11) is -1.88. The smallest absolute Gasteiger partial charge is 0.264 e. The Morgan fingerprint density at radius 2 is 1.39 bits per heavy atom. The summed E-state index contributed by atoms with van der Waals surface area (Å²) in [6.45, 7) is 6.33. The molecule has 0 spiro atoms. The predicted molar refractivity (Wildman–Crippen MR) is 235 cm³/mol. The SMILES string of the molecule is Cc1c(C(=O)N(c2ccccc2)c2ccc(O)cc2)cc(-c2cc3c(cc2C(=O)N2Cc4ccccc4C[C@H]2CN2CCOCC2)CN(S(=O)(=O)c2ccccc2)CC3)n1C. The van der Waals surface area contributed by atoms with E-state index in [1.807, 2.05) is 78.0 Å². The number of fused-ring (bicyclic) bond motifs is 2. The molecule has 1 saturated heterocycles. The van der Waals surface area contributed by atoms with Crippen molar-refractivity contribution in [3.63, 3.8) is 0 Å². The molecule has 0 radical (unpaired) electrons. The van der Waals surface area contributed by atoms with E-state index in [2.05, 4.69) is 23.1 Å². The van der Waals surface area contributed by atoms with Gasteiger partial charge in [0.05, 0.1) is 23.7 Å². The Hall–Kier alpha value is -6.05. The van der Waals surface area contributed by atoms with Crippen molar-refractivity contribution in [2.75, 3.05) is 44.3 Å². The first-order valence-electron chi connectivity index (χ1n) is 20.8. The summed E-state index contributed by atoms with van der Waals surface area (Å²) < 4.78 is 37.0. The minimum Gasteiger partial charge on any atom is -0.508 e. The second kappa shape index (κ2) is 16.8. The van der Waals surface area contributed by atoms with Gasteiger partial charge in [-0.3, -0.25) is 19.4 Å². The summed E-state index contributed by atoms with van der Waals surface area (Å²) >= 11 is 0. The molecule has 1 aromatic heterocycles. The van der Waals surface area contributed by atoms with Crippen LogP contribution in [-0.4, -0.2) is 89.4 Å². The van der Waals surface area contributed by atoms with Gasteiger partial charge in [-0.1, -0.05) is 60.7 Å². The molecule has 1 atom stereocenters. The van der Waals surface area contributed by atoms with E-state index >= 15 is 4.79 Å². The lowest BCUT2D eigenvalue weighted by Crippen LogP contribution is -2.52. The number of sulfonamides is 1. The number of aromatic nitrogens is 1. The molecule has 1 fully saturated rings. The molecule has 1 N–H and O–H groups in total. The Labute approximate surface area is 357 Å². The second-order valence-electron chi connectivity index (χ2n) is 16.1. The van der Waals surface area contributed by atoms with Crippen LogP contribution in [-0.2, 0) is 47.7 Å². The standard InChI is InChI=1S/C49H49N5O6S/c1-34-44(49(57)54(39-13-5-3-6-14-39)40-17-19-42(55)20-18-40)30-47(50(34)2)45-28-36-21-22-52(61(58,59)43-15-7-4-8-16-43)31-38(36)29-46(45)48(56)53-32-37-12-10-9-11-35(37)27-41(53)33-51-23-25-60-26-24-51/h3-20,28-30,41,55H,21-27,31-33H2,1-2H3/t41-/m0/s1. The number of hydrogen-bond donors (Lipinski definition) is 1. The lowest BCUT2D eigenvalue weighted by molar-refractivity contribution is 0.0193. The molecular weight excluding hydrogens is 787 g/mol. The average Bonchev–Trinajstić information content (AvgIpc) is 3.59. The normalized spacial score (nSPS) is 17.1. The largest absolute Gasteiger partial charge is 0.508 e. The highest BCUT2D eigenvalue weighted by molar-refractivity contribution is 7.89. The van der Waals surface area contributed by atoms with Gasteiger partial charge >= 0.3 is 0 Å². The maximum absolute atomic E-state index is 15.5. The molecule has 61 heavy (non-hydrogen) atoms. The third kappa shape index (κ3) is 7.88. The van der Waals surface area contributed by atoms with Crippen LogP contribution in [0.15, 0.2) is 132 Å². The van der Waals surface area contributed by atoms with Gasteiger partial charge in [-0.25, -0.2) is 8.42 Å². The van der Waals surface area contributed by atoms with E-state index in [4.69, 9.17) is 4.74 Å². The molecule has 0 bridgehead atoms. The maximum Gasteiger partial charge on any atom is 0.264 e. The summed E-state index contributed by atoms with van der Waals surface area (Å²) in [5.74, 6) is -0.311. The first-order chi connectivity index (χ1) is 29.6. The number of para-hydroxylation sites is 1. The molecule has 0 saturated carbocycles. The average molecular weight is 836 g/mol. The van der Waals surface area contributed by atoms with E-state index in [1.165, 1.54) is 9.87 Å². The van der Waals surface area contributed by atoms with Crippen LogP contribution < -0.4 is 4.90 Å². The number of phenolic OH excluding ortho intramolecular Hbond substituents is 1. The van der Waals surface area contributed by atoms with Crippen molar-refractivity contribution in [2.24, 2.45) is 7.05 Å². The summed E-state index contributed by atoms with van der Waals surface area (Å²) in [6, 6.07) is 38.4. The maximum atomic E-state index is 15.5. The van der Waals surface area contributed by atoms with E-state index in [9.17, 15) is 18.3 Å². The van der Waals surface area contributed by atoms with Crippen LogP contribution in [0.3, 0.4) is 0 Å². The van der Waals surface area contributed by atoms with Crippen LogP contribution in [0.1, 0.15) is 48.7 Å². The first kappa shape index (κ1) is 40.4. The van der Waals surface area contributed by atoms with Crippen molar-refractivity contribution in [3.05, 3.63) is 166 Å². The Morgan fingerprint density at radius 3 is 2.11 bits per heavy atom. The number of aromatic hydroxyl groups is 1. The summed E-state index contributed by atoms with van der Waals surface area (Å²) in [4.78, 5) is 36.6. The van der Waals surface area contributed by atoms with Gasteiger partial charge in [-0.05, 0) is 109 Å². The van der Waals surface area contributed by atoms with Gasteiger partial charge in [0.15, 0.2) is 0 Å². The van der Waals surface area contributed by atoms with Gasteiger partial charge in [-0.2, -0.15) is 4.31 Å². The minimum absolute atomic E-state index is 0.0946. The van der Waals surface area contributed by atoms with Crippen molar-refractivity contribution >= 4 is 33.2 Å². The van der Waals surface area contributed by atoms with E-state index < -0.39 is 10.0 Å². The lowest BCUT2D eigenvalue weighted by Gasteiger charge is -2.41. The highest BCUT2D eigenvalue weighted by Crippen LogP contribution is 2.38. The van der Waals surface area contributed by atoms with E-state index in [0.29, 0.717) is 78.6 Å². The summed E-state index contributed by atoms with van der Waals surface area (Å²) in [6.07, 6.45) is 1.16. The van der Waals surface area contributed by atoms with E-state index in [0.717, 1.165) is 29.8 Å².